The Kier molecular flexibility index (Phi) is 4.70. The maximum atomic E-state index is 11.6. The van der Waals surface area contributed by atoms with Gasteiger partial charge in [0.1, 0.15) is 0 Å². The lowest BCUT2D eigenvalue weighted by atomic mass is 10.1. The summed E-state index contributed by atoms with van der Waals surface area (Å²) < 4.78 is 0. The fraction of sp³-hybridized carbons (Fsp3) is 0.375. The summed E-state index contributed by atoms with van der Waals surface area (Å²) in [6.45, 7) is 2.10. The van der Waals surface area contributed by atoms with E-state index in [2.05, 4.69) is 41.2 Å². The molecule has 0 bridgehead atoms. The van der Waals surface area contributed by atoms with E-state index in [4.69, 9.17) is 0 Å². The van der Waals surface area contributed by atoms with Crippen LogP contribution < -0.4 is 5.56 Å². The van der Waals surface area contributed by atoms with E-state index in [1.165, 1.54) is 10.5 Å². The molecule has 1 unspecified atom stereocenters. The van der Waals surface area contributed by atoms with Crippen LogP contribution in [0.1, 0.15) is 24.6 Å². The lowest BCUT2D eigenvalue weighted by Gasteiger charge is -2.08. The van der Waals surface area contributed by atoms with Gasteiger partial charge in [-0.05, 0) is 24.5 Å². The number of nitrogens with one attached hydrogen (secondary N) is 1. The van der Waals surface area contributed by atoms with Crippen LogP contribution in [0.2, 0.25) is 0 Å². The Bertz CT molecular complexity index is 659. The van der Waals surface area contributed by atoms with Gasteiger partial charge in [-0.25, -0.2) is 4.98 Å². The van der Waals surface area contributed by atoms with Crippen molar-refractivity contribution in [3.8, 4) is 0 Å². The molecule has 0 saturated carbocycles. The Morgan fingerprint density at radius 3 is 3.10 bits per heavy atom. The van der Waals surface area contributed by atoms with Gasteiger partial charge in [0.2, 0.25) is 0 Å². The van der Waals surface area contributed by atoms with E-state index >= 15 is 0 Å². The molecular formula is C16H18N2OS2. The van der Waals surface area contributed by atoms with Crippen molar-refractivity contribution < 1.29 is 0 Å². The van der Waals surface area contributed by atoms with Crippen molar-refractivity contribution >= 4 is 23.5 Å². The number of hydrogen-bond donors (Lipinski definition) is 1. The molecule has 2 aromatic rings. The van der Waals surface area contributed by atoms with E-state index in [0.29, 0.717) is 5.25 Å². The number of hydrogen-bond acceptors (Lipinski definition) is 4. The highest BCUT2D eigenvalue weighted by atomic mass is 32.2. The van der Waals surface area contributed by atoms with E-state index in [0.717, 1.165) is 35.9 Å². The molecule has 0 saturated heterocycles. The Hall–Kier alpha value is -1.20. The van der Waals surface area contributed by atoms with Crippen LogP contribution in [0, 0.1) is 0 Å². The SMILES string of the molecule is CCCc1cc(=O)[nH]c(SCC2Cc3ccccc3S2)n1. The van der Waals surface area contributed by atoms with E-state index in [1.807, 2.05) is 11.8 Å². The number of aromatic amines is 1. The number of nitrogens with zero attached hydrogens (tertiary/aromatic N) is 1. The highest BCUT2D eigenvalue weighted by Crippen LogP contribution is 2.38. The summed E-state index contributed by atoms with van der Waals surface area (Å²) in [5, 5.41) is 1.31. The first-order chi connectivity index (χ1) is 10.2. The van der Waals surface area contributed by atoms with E-state index in [-0.39, 0.29) is 5.56 Å². The summed E-state index contributed by atoms with van der Waals surface area (Å²) in [7, 11) is 0. The van der Waals surface area contributed by atoms with Gasteiger partial charge < -0.3 is 4.98 Å². The Balaban J connectivity index is 1.63. The minimum absolute atomic E-state index is 0.0432. The van der Waals surface area contributed by atoms with Crippen molar-refractivity contribution in [1.82, 2.24) is 9.97 Å². The Morgan fingerprint density at radius 1 is 1.43 bits per heavy atom. The molecule has 0 aliphatic carbocycles. The van der Waals surface area contributed by atoms with Crippen molar-refractivity contribution in [3.63, 3.8) is 0 Å². The quantitative estimate of drug-likeness (QED) is 0.677. The molecule has 1 aromatic carbocycles. The van der Waals surface area contributed by atoms with E-state index in [9.17, 15) is 4.79 Å². The number of thioether (sulfide) groups is 2. The molecule has 110 valence electrons. The van der Waals surface area contributed by atoms with Gasteiger partial charge in [0.25, 0.3) is 5.56 Å². The maximum absolute atomic E-state index is 11.6. The number of benzene rings is 1. The summed E-state index contributed by atoms with van der Waals surface area (Å²) in [6.07, 6.45) is 2.97. The number of aromatic nitrogens is 2. The first kappa shape index (κ1) is 14.7. The third-order valence-electron chi connectivity index (χ3n) is 3.40. The van der Waals surface area contributed by atoms with Crippen molar-refractivity contribution in [2.24, 2.45) is 0 Å². The molecule has 2 heterocycles. The first-order valence-corrected chi connectivity index (χ1v) is 9.08. The minimum atomic E-state index is -0.0432. The predicted molar refractivity (Wildman–Crippen MR) is 89.4 cm³/mol. The average Bonchev–Trinajstić information content (AvgIpc) is 2.88. The van der Waals surface area contributed by atoms with Crippen LogP contribution in [0.3, 0.4) is 0 Å². The van der Waals surface area contributed by atoms with Gasteiger partial charge in [0.05, 0.1) is 0 Å². The average molecular weight is 318 g/mol. The predicted octanol–water partition coefficient (Wildman–Crippen LogP) is 3.53. The second-order valence-electron chi connectivity index (χ2n) is 5.15. The molecule has 1 aliphatic rings. The standard InChI is InChI=1S/C16H18N2OS2/c1-2-5-12-9-15(19)18-16(17-12)20-10-13-8-11-6-3-4-7-14(11)21-13/h3-4,6-7,9,13H,2,5,8,10H2,1H3,(H,17,18,19). The summed E-state index contributed by atoms with van der Waals surface area (Å²) >= 11 is 3.59. The highest BCUT2D eigenvalue weighted by molar-refractivity contribution is 8.03. The molecule has 21 heavy (non-hydrogen) atoms. The van der Waals surface area contributed by atoms with E-state index in [1.54, 1.807) is 17.8 Å². The molecule has 3 nitrogen and oxygen atoms in total. The lowest BCUT2D eigenvalue weighted by Crippen LogP contribution is -2.11. The number of H-pyrrole nitrogens is 1. The van der Waals surface area contributed by atoms with Gasteiger partial charge in [0, 0.05) is 27.7 Å². The zero-order valence-corrected chi connectivity index (χ0v) is 13.6. The number of rotatable bonds is 5. The Labute approximate surface area is 133 Å². The molecule has 0 fully saturated rings. The second kappa shape index (κ2) is 6.71. The van der Waals surface area contributed by atoms with Gasteiger partial charge in [-0.2, -0.15) is 0 Å². The highest BCUT2D eigenvalue weighted by Gasteiger charge is 2.22. The van der Waals surface area contributed by atoms with Crippen LogP contribution in [-0.4, -0.2) is 21.0 Å². The van der Waals surface area contributed by atoms with Crippen molar-refractivity contribution in [2.45, 2.75) is 41.5 Å². The molecule has 1 atom stereocenters. The molecule has 0 amide bonds. The number of fused-ring (bicyclic) bond motifs is 1. The van der Waals surface area contributed by atoms with Crippen LogP contribution in [0.4, 0.5) is 0 Å². The Morgan fingerprint density at radius 2 is 2.29 bits per heavy atom. The van der Waals surface area contributed by atoms with Gasteiger partial charge in [-0.3, -0.25) is 4.79 Å². The molecule has 0 radical (unpaired) electrons. The molecule has 0 spiro atoms. The summed E-state index contributed by atoms with van der Waals surface area (Å²) in [4.78, 5) is 20.4. The third-order valence-corrected chi connectivity index (χ3v) is 5.96. The van der Waals surface area contributed by atoms with Crippen LogP contribution in [0.25, 0.3) is 0 Å². The fourth-order valence-corrected chi connectivity index (χ4v) is 4.83. The fourth-order valence-electron chi connectivity index (χ4n) is 2.45. The minimum Gasteiger partial charge on any atom is -0.301 e. The normalized spacial score (nSPS) is 16.9. The van der Waals surface area contributed by atoms with Crippen LogP contribution >= 0.6 is 23.5 Å². The first-order valence-electron chi connectivity index (χ1n) is 7.22. The zero-order chi connectivity index (χ0) is 14.7. The van der Waals surface area contributed by atoms with Crippen molar-refractivity contribution in [2.75, 3.05) is 5.75 Å². The van der Waals surface area contributed by atoms with Crippen molar-refractivity contribution in [3.05, 3.63) is 51.9 Å². The smallest absolute Gasteiger partial charge is 0.251 e. The van der Waals surface area contributed by atoms with Crippen LogP contribution in [-0.2, 0) is 12.8 Å². The summed E-state index contributed by atoms with van der Waals surface area (Å²) in [6, 6.07) is 10.2. The topological polar surface area (TPSA) is 45.8 Å². The molecule has 5 heteroatoms. The maximum Gasteiger partial charge on any atom is 0.251 e. The summed E-state index contributed by atoms with van der Waals surface area (Å²) in [5.41, 5.74) is 2.29. The largest absolute Gasteiger partial charge is 0.301 e. The van der Waals surface area contributed by atoms with Gasteiger partial charge in [-0.15, -0.1) is 11.8 Å². The van der Waals surface area contributed by atoms with Crippen LogP contribution in [0.15, 0.2) is 45.2 Å². The molecule has 1 N–H and O–H groups in total. The molecule has 1 aliphatic heterocycles. The monoisotopic (exact) mass is 318 g/mol. The zero-order valence-electron chi connectivity index (χ0n) is 12.0. The molecular weight excluding hydrogens is 300 g/mol. The van der Waals surface area contributed by atoms with E-state index < -0.39 is 0 Å². The van der Waals surface area contributed by atoms with Gasteiger partial charge in [0.15, 0.2) is 5.16 Å². The second-order valence-corrected chi connectivity index (χ2v) is 7.51. The summed E-state index contributed by atoms with van der Waals surface area (Å²) in [5.74, 6) is 0.970. The third kappa shape index (κ3) is 3.71. The van der Waals surface area contributed by atoms with Gasteiger partial charge in [-0.1, -0.05) is 43.3 Å². The van der Waals surface area contributed by atoms with Gasteiger partial charge >= 0.3 is 0 Å². The van der Waals surface area contributed by atoms with Crippen molar-refractivity contribution in [1.29, 1.82) is 0 Å². The number of aryl methyl sites for hydroxylation is 1. The molecule has 3 rings (SSSR count). The van der Waals surface area contributed by atoms with Crippen LogP contribution in [0.5, 0.6) is 0 Å². The molecule has 1 aromatic heterocycles. The lowest BCUT2D eigenvalue weighted by molar-refractivity contribution is 0.815.